The molecule has 1 unspecified atom stereocenters. The summed E-state index contributed by atoms with van der Waals surface area (Å²) in [5.74, 6) is 0. The molecule has 0 heterocycles. The average molecular weight is 209 g/mol. The Labute approximate surface area is 79.9 Å². The number of hydrogen-bond donors (Lipinski definition) is 0. The third kappa shape index (κ3) is 8.44. The van der Waals surface area contributed by atoms with Crippen LogP contribution in [0.5, 0.6) is 0 Å². The molecule has 1 atom stereocenters. The summed E-state index contributed by atoms with van der Waals surface area (Å²) in [6.07, 6.45) is 1.62. The molecule has 13 heavy (non-hydrogen) atoms. The maximum absolute atomic E-state index is 11.1. The first-order chi connectivity index (χ1) is 5.77. The second kappa shape index (κ2) is 5.11. The van der Waals surface area contributed by atoms with Gasteiger partial charge in [0.1, 0.15) is 0 Å². The van der Waals surface area contributed by atoms with Crippen molar-refractivity contribution in [2.24, 2.45) is 0 Å². The maximum Gasteiger partial charge on any atom is 0.268 e. The predicted molar refractivity (Wildman–Crippen MR) is 49.3 cm³/mol. The van der Waals surface area contributed by atoms with E-state index in [1.54, 1.807) is 20.8 Å². The standard InChI is InChI=1S/C8H19O4P/c1-5-6-7-11-13(9,10)12-8(2,3)4/h5-7H2,1-4H3,(H,9,10)/p-1. The van der Waals surface area contributed by atoms with E-state index in [0.29, 0.717) is 0 Å². The van der Waals surface area contributed by atoms with E-state index in [9.17, 15) is 9.46 Å². The largest absolute Gasteiger partial charge is 0.756 e. The zero-order chi connectivity index (χ0) is 10.5. The molecule has 0 saturated carbocycles. The van der Waals surface area contributed by atoms with Gasteiger partial charge in [-0.05, 0) is 27.2 Å². The van der Waals surface area contributed by atoms with E-state index in [2.05, 4.69) is 4.52 Å². The summed E-state index contributed by atoms with van der Waals surface area (Å²) < 4.78 is 20.5. The minimum Gasteiger partial charge on any atom is -0.756 e. The monoisotopic (exact) mass is 209 g/mol. The molecule has 0 amide bonds. The Balaban J connectivity index is 3.88. The fraction of sp³-hybridized carbons (Fsp3) is 1.00. The molecule has 0 aromatic carbocycles. The lowest BCUT2D eigenvalue weighted by molar-refractivity contribution is -0.233. The third-order valence-corrected chi connectivity index (χ3v) is 2.40. The Morgan fingerprint density at radius 1 is 1.38 bits per heavy atom. The van der Waals surface area contributed by atoms with Gasteiger partial charge in [0.05, 0.1) is 12.2 Å². The molecule has 80 valence electrons. The lowest BCUT2D eigenvalue weighted by Crippen LogP contribution is -2.22. The molecule has 0 saturated heterocycles. The van der Waals surface area contributed by atoms with Gasteiger partial charge in [0.15, 0.2) is 0 Å². The van der Waals surface area contributed by atoms with Crippen LogP contribution in [0.2, 0.25) is 0 Å². The molecule has 0 aliphatic carbocycles. The third-order valence-electron chi connectivity index (χ3n) is 1.13. The highest BCUT2D eigenvalue weighted by Gasteiger charge is 2.19. The van der Waals surface area contributed by atoms with Crippen LogP contribution in [0.1, 0.15) is 40.5 Å². The molecular formula is C8H18O4P-. The van der Waals surface area contributed by atoms with Crippen molar-refractivity contribution >= 4 is 7.82 Å². The molecule has 0 bridgehead atoms. The lowest BCUT2D eigenvalue weighted by atomic mass is 10.2. The van der Waals surface area contributed by atoms with Gasteiger partial charge in [-0.1, -0.05) is 13.3 Å². The fourth-order valence-electron chi connectivity index (χ4n) is 0.682. The Bertz CT molecular complexity index is 185. The van der Waals surface area contributed by atoms with Crippen LogP contribution in [-0.4, -0.2) is 12.2 Å². The van der Waals surface area contributed by atoms with E-state index >= 15 is 0 Å². The predicted octanol–water partition coefficient (Wildman–Crippen LogP) is 2.09. The molecule has 0 aliphatic heterocycles. The second-order valence-corrected chi connectivity index (χ2v) is 5.17. The van der Waals surface area contributed by atoms with Gasteiger partial charge in [-0.25, -0.2) is 0 Å². The first-order valence-corrected chi connectivity index (χ1v) is 5.89. The van der Waals surface area contributed by atoms with Crippen molar-refractivity contribution in [1.29, 1.82) is 0 Å². The smallest absolute Gasteiger partial charge is 0.268 e. The summed E-state index contributed by atoms with van der Waals surface area (Å²) in [6, 6.07) is 0. The van der Waals surface area contributed by atoms with E-state index in [4.69, 9.17) is 4.52 Å². The first-order valence-electron chi connectivity index (χ1n) is 4.43. The van der Waals surface area contributed by atoms with Crippen molar-refractivity contribution in [2.45, 2.75) is 46.1 Å². The van der Waals surface area contributed by atoms with Gasteiger partial charge in [-0.2, -0.15) is 0 Å². The molecule has 0 aromatic rings. The summed E-state index contributed by atoms with van der Waals surface area (Å²) in [6.45, 7) is 7.17. The average Bonchev–Trinajstić information content (AvgIpc) is 1.81. The second-order valence-electron chi connectivity index (χ2n) is 3.84. The van der Waals surface area contributed by atoms with Gasteiger partial charge in [0.25, 0.3) is 7.82 Å². The molecule has 0 aliphatic rings. The Morgan fingerprint density at radius 3 is 2.31 bits per heavy atom. The van der Waals surface area contributed by atoms with E-state index in [-0.39, 0.29) is 6.61 Å². The number of rotatable bonds is 5. The van der Waals surface area contributed by atoms with Crippen LogP contribution in [0.15, 0.2) is 0 Å². The SMILES string of the molecule is CCCCOP(=O)([O-])OC(C)(C)C. The van der Waals surface area contributed by atoms with Crippen LogP contribution in [0.3, 0.4) is 0 Å². The van der Waals surface area contributed by atoms with E-state index in [0.717, 1.165) is 12.8 Å². The van der Waals surface area contributed by atoms with Crippen molar-refractivity contribution in [3.05, 3.63) is 0 Å². The van der Waals surface area contributed by atoms with Crippen LogP contribution in [0.4, 0.5) is 0 Å². The van der Waals surface area contributed by atoms with E-state index in [1.807, 2.05) is 6.92 Å². The highest BCUT2D eigenvalue weighted by Crippen LogP contribution is 2.42. The van der Waals surface area contributed by atoms with Crippen LogP contribution in [0.25, 0.3) is 0 Å². The van der Waals surface area contributed by atoms with Gasteiger partial charge in [-0.3, -0.25) is 4.57 Å². The van der Waals surface area contributed by atoms with Crippen LogP contribution >= 0.6 is 7.82 Å². The summed E-state index contributed by atoms with van der Waals surface area (Å²) >= 11 is 0. The maximum atomic E-state index is 11.1. The molecule has 5 heteroatoms. The molecule has 0 spiro atoms. The zero-order valence-electron chi connectivity index (χ0n) is 8.70. The summed E-state index contributed by atoms with van der Waals surface area (Å²) in [5, 5.41) is 0. The van der Waals surface area contributed by atoms with Crippen LogP contribution in [0, 0.1) is 0 Å². The normalized spacial score (nSPS) is 17.0. The Kier molecular flexibility index (Phi) is 5.15. The Hall–Kier alpha value is 0.110. The van der Waals surface area contributed by atoms with Gasteiger partial charge in [-0.15, -0.1) is 0 Å². The topological polar surface area (TPSA) is 58.6 Å². The molecule has 0 radical (unpaired) electrons. The number of phosphoric acid groups is 1. The number of phosphoric ester groups is 1. The molecule has 4 nitrogen and oxygen atoms in total. The highest BCUT2D eigenvalue weighted by molar-refractivity contribution is 7.45. The first kappa shape index (κ1) is 13.1. The summed E-state index contributed by atoms with van der Waals surface area (Å²) in [7, 11) is -4.09. The molecule has 0 aromatic heterocycles. The van der Waals surface area contributed by atoms with E-state index < -0.39 is 13.4 Å². The minimum atomic E-state index is -4.09. The van der Waals surface area contributed by atoms with Gasteiger partial charge < -0.3 is 13.9 Å². The van der Waals surface area contributed by atoms with Gasteiger partial charge in [0, 0.05) is 0 Å². The molecule has 0 rings (SSSR count). The lowest BCUT2D eigenvalue weighted by Gasteiger charge is -2.30. The summed E-state index contributed by atoms with van der Waals surface area (Å²) in [5.41, 5.74) is -0.719. The zero-order valence-corrected chi connectivity index (χ0v) is 9.60. The van der Waals surface area contributed by atoms with Crippen LogP contribution < -0.4 is 4.89 Å². The molecule has 0 N–H and O–H groups in total. The van der Waals surface area contributed by atoms with Crippen molar-refractivity contribution in [3.8, 4) is 0 Å². The number of unbranched alkanes of at least 4 members (excludes halogenated alkanes) is 1. The molecule has 0 fully saturated rings. The van der Waals surface area contributed by atoms with E-state index in [1.165, 1.54) is 0 Å². The van der Waals surface area contributed by atoms with Crippen molar-refractivity contribution in [3.63, 3.8) is 0 Å². The number of hydrogen-bond acceptors (Lipinski definition) is 4. The van der Waals surface area contributed by atoms with Crippen LogP contribution in [-0.2, 0) is 13.6 Å². The van der Waals surface area contributed by atoms with Crippen molar-refractivity contribution in [1.82, 2.24) is 0 Å². The van der Waals surface area contributed by atoms with Gasteiger partial charge in [0.2, 0.25) is 0 Å². The quantitative estimate of drug-likeness (QED) is 0.513. The summed E-state index contributed by atoms with van der Waals surface area (Å²) in [4.78, 5) is 11.1. The highest BCUT2D eigenvalue weighted by atomic mass is 31.2. The van der Waals surface area contributed by atoms with Crippen molar-refractivity contribution < 1.29 is 18.5 Å². The molecular weight excluding hydrogens is 191 g/mol. The van der Waals surface area contributed by atoms with Crippen molar-refractivity contribution in [2.75, 3.05) is 6.61 Å². The minimum absolute atomic E-state index is 0.202. The Morgan fingerprint density at radius 2 is 1.92 bits per heavy atom. The van der Waals surface area contributed by atoms with Gasteiger partial charge >= 0.3 is 0 Å². The fourth-order valence-corrected chi connectivity index (χ4v) is 1.76.